The molecule has 0 aliphatic heterocycles. The molecule has 1 aromatic carbocycles. The van der Waals surface area contributed by atoms with Crippen LogP contribution in [0.4, 0.5) is 11.6 Å². The largest absolute Gasteiger partial charge is 0.481 e. The van der Waals surface area contributed by atoms with E-state index >= 15 is 0 Å². The summed E-state index contributed by atoms with van der Waals surface area (Å²) in [5.74, 6) is -12.9. The Bertz CT molecular complexity index is 2350. The maximum Gasteiger partial charge on any atom is 0.326 e. The molecule has 0 saturated carbocycles. The zero-order chi connectivity index (χ0) is 47.7. The van der Waals surface area contributed by atoms with E-state index in [1.165, 1.54) is 30.5 Å². The van der Waals surface area contributed by atoms with E-state index in [0.717, 1.165) is 13.1 Å². The van der Waals surface area contributed by atoms with Crippen molar-refractivity contribution < 1.29 is 68.4 Å². The molecule has 0 spiro atoms. The molecule has 3 aromatic rings. The summed E-state index contributed by atoms with van der Waals surface area (Å²) in [6.07, 6.45) is -2.07. The highest BCUT2D eigenvalue weighted by Crippen LogP contribution is 2.13. The van der Waals surface area contributed by atoms with Gasteiger partial charge in [-0.2, -0.15) is 4.98 Å². The van der Waals surface area contributed by atoms with Crippen LogP contribution in [0.25, 0.3) is 11.2 Å². The molecule has 2 aromatic heterocycles. The first kappa shape index (κ1) is 49.8. The summed E-state index contributed by atoms with van der Waals surface area (Å²) >= 11 is 0. The predicted octanol–water partition coefficient (Wildman–Crippen LogP) is -3.44. The molecular weight excluding hydrogens is 852 g/mol. The van der Waals surface area contributed by atoms with Crippen molar-refractivity contribution in [3.8, 4) is 0 Å². The van der Waals surface area contributed by atoms with Crippen molar-refractivity contribution in [3.05, 3.63) is 64.7 Å². The van der Waals surface area contributed by atoms with Gasteiger partial charge in [-0.25, -0.2) is 14.8 Å². The molecule has 0 radical (unpaired) electrons. The van der Waals surface area contributed by atoms with Crippen molar-refractivity contribution in [3.63, 3.8) is 0 Å². The number of likely N-dealkylation sites (N-methyl/N-ethyl adjacent to an activating group) is 1. The second-order valence-electron chi connectivity index (χ2n) is 13.6. The summed E-state index contributed by atoms with van der Waals surface area (Å²) in [5.41, 5.74) is 5.87. The first-order valence-corrected chi connectivity index (χ1v) is 18.8. The highest BCUT2D eigenvalue weighted by Gasteiger charge is 2.33. The van der Waals surface area contributed by atoms with E-state index in [4.69, 9.17) is 10.8 Å². The third-order valence-electron chi connectivity index (χ3n) is 8.71. The number of hydrogen-bond donors (Lipinski definition) is 13. The second kappa shape index (κ2) is 23.5. The molecule has 14 N–H and O–H groups in total. The maximum atomic E-state index is 13.3. The van der Waals surface area contributed by atoms with E-state index in [2.05, 4.69) is 58.4 Å². The number of nitrogens with one attached hydrogen (secondary N) is 8. The number of carbonyl (C=O) groups excluding carboxylic acids is 6. The Balaban J connectivity index is 1.62. The number of aliphatic carboxylic acids is 4. The zero-order valence-corrected chi connectivity index (χ0v) is 33.7. The van der Waals surface area contributed by atoms with E-state index in [1.54, 1.807) is 0 Å². The van der Waals surface area contributed by atoms with E-state index in [-0.39, 0.29) is 35.6 Å². The summed E-state index contributed by atoms with van der Waals surface area (Å²) < 4.78 is 0. The molecule has 3 rings (SSSR count). The summed E-state index contributed by atoms with van der Waals surface area (Å²) in [6, 6.07) is -3.02. The van der Waals surface area contributed by atoms with Gasteiger partial charge in [-0.3, -0.25) is 52.9 Å². The van der Waals surface area contributed by atoms with Crippen LogP contribution in [0.15, 0.2) is 47.9 Å². The van der Waals surface area contributed by atoms with Gasteiger partial charge in [0.25, 0.3) is 11.5 Å². The standard InChI is InChI=1S/C37H44N12O15/c1-3-4-19(32(59)47-23(13-27(55)56)34(61)46-21(11-25(51)52)31(58)39-2)44-33(60)22(12-26(53)54)43-24(50)10-9-20(36(63)64)45-30(57)16-5-7-17(8-6-16)40-14-18-15-41-29-28(42-18)35(62)49-37(38)48-29/h3,5-8,15,19-23,40H,1,4,9-14H2,2H3,(H,39,58)(H,43,50)(H,44,60)(H,45,57)(H,46,61)(H,47,59)(H,51,52)(H,53,54)(H,55,56)(H,63,64)(H3,38,41,48,49,62)/t19-,20-,21-,22-,23-/m0/s1. The Kier molecular flexibility index (Phi) is 18.3. The van der Waals surface area contributed by atoms with Crippen molar-refractivity contribution in [1.29, 1.82) is 0 Å². The number of fused-ring (bicyclic) bond motifs is 1. The summed E-state index contributed by atoms with van der Waals surface area (Å²) in [7, 11) is 1.15. The highest BCUT2D eigenvalue weighted by atomic mass is 16.4. The average Bonchev–Trinajstić information content (AvgIpc) is 3.22. The number of carbonyl (C=O) groups is 10. The topological polar surface area (TPSA) is 433 Å². The lowest BCUT2D eigenvalue weighted by molar-refractivity contribution is -0.143. The van der Waals surface area contributed by atoms with Crippen LogP contribution >= 0.6 is 0 Å². The lowest BCUT2D eigenvalue weighted by atomic mass is 10.1. The molecule has 0 unspecified atom stereocenters. The SMILES string of the molecule is C=CC[C@H](NC(=O)[C@H](CC(=O)O)NC(=O)CC[C@H](NC(=O)c1ccc(NCc2cnc3nc(N)[nH]c(=O)c3n2)cc1)C(=O)O)C(=O)N[C@@H](CC(=O)O)C(=O)N[C@@H](CC(=O)O)C(=O)NC. The highest BCUT2D eigenvalue weighted by molar-refractivity contribution is 5.99. The van der Waals surface area contributed by atoms with Crippen LogP contribution in [0.2, 0.25) is 0 Å². The molecule has 0 aliphatic carbocycles. The molecule has 64 heavy (non-hydrogen) atoms. The van der Waals surface area contributed by atoms with Crippen molar-refractivity contribution in [2.45, 2.75) is 75.3 Å². The number of nitrogen functional groups attached to an aromatic ring is 1. The van der Waals surface area contributed by atoms with Crippen LogP contribution in [-0.4, -0.2) is 137 Å². The van der Waals surface area contributed by atoms with Crippen LogP contribution in [0.5, 0.6) is 0 Å². The van der Waals surface area contributed by atoms with Crippen LogP contribution in [0.1, 0.15) is 54.6 Å². The molecule has 6 amide bonds. The van der Waals surface area contributed by atoms with Gasteiger partial charge in [-0.1, -0.05) is 6.08 Å². The average molecular weight is 897 g/mol. The monoisotopic (exact) mass is 896 g/mol. The Labute approximate surface area is 360 Å². The number of aromatic nitrogens is 4. The minimum atomic E-state index is -1.92. The molecule has 27 heteroatoms. The third kappa shape index (κ3) is 15.5. The van der Waals surface area contributed by atoms with Crippen molar-refractivity contribution in [2.75, 3.05) is 18.1 Å². The van der Waals surface area contributed by atoms with E-state index in [0.29, 0.717) is 11.4 Å². The number of carboxylic acid groups (broad SMARTS) is 4. The number of carboxylic acids is 4. The number of nitrogens with two attached hydrogens (primary N) is 1. The Hall–Kier alpha value is -8.52. The molecule has 27 nitrogen and oxygen atoms in total. The molecule has 2 heterocycles. The number of anilines is 2. The fourth-order valence-electron chi connectivity index (χ4n) is 5.57. The zero-order valence-electron chi connectivity index (χ0n) is 33.7. The molecule has 5 atom stereocenters. The summed E-state index contributed by atoms with van der Waals surface area (Å²) in [6.45, 7) is 3.56. The summed E-state index contributed by atoms with van der Waals surface area (Å²) in [5, 5.41) is 53.5. The fourth-order valence-corrected chi connectivity index (χ4v) is 5.57. The molecule has 0 saturated heterocycles. The van der Waals surface area contributed by atoms with Crippen molar-refractivity contribution >= 4 is 82.1 Å². The van der Waals surface area contributed by atoms with Crippen LogP contribution in [0, 0.1) is 0 Å². The lowest BCUT2D eigenvalue weighted by Crippen LogP contribution is -2.58. The number of rotatable bonds is 25. The van der Waals surface area contributed by atoms with Crippen LogP contribution < -0.4 is 48.5 Å². The fraction of sp³-hybridized carbons (Fsp3) is 0.351. The molecule has 0 aliphatic rings. The van der Waals surface area contributed by atoms with Gasteiger partial charge in [0.15, 0.2) is 11.2 Å². The van der Waals surface area contributed by atoms with Gasteiger partial charge in [0, 0.05) is 24.7 Å². The predicted molar refractivity (Wildman–Crippen MR) is 218 cm³/mol. The van der Waals surface area contributed by atoms with Gasteiger partial charge in [-0.05, 0) is 37.1 Å². The van der Waals surface area contributed by atoms with Gasteiger partial charge < -0.3 is 63.4 Å². The normalized spacial score (nSPS) is 13.0. The molecule has 342 valence electrons. The minimum Gasteiger partial charge on any atom is -0.481 e. The molecule has 0 fully saturated rings. The maximum absolute atomic E-state index is 13.3. The van der Waals surface area contributed by atoms with Gasteiger partial charge >= 0.3 is 23.9 Å². The Morgan fingerprint density at radius 2 is 1.27 bits per heavy atom. The van der Waals surface area contributed by atoms with Crippen LogP contribution in [-0.2, 0) is 49.7 Å². The van der Waals surface area contributed by atoms with Crippen LogP contribution in [0.3, 0.4) is 0 Å². The second-order valence-corrected chi connectivity index (χ2v) is 13.6. The first-order chi connectivity index (χ1) is 30.2. The van der Waals surface area contributed by atoms with Gasteiger partial charge in [-0.15, -0.1) is 6.58 Å². The van der Waals surface area contributed by atoms with Gasteiger partial charge in [0.05, 0.1) is 37.7 Å². The quantitative estimate of drug-likeness (QED) is 0.0368. The number of aromatic amines is 1. The Morgan fingerprint density at radius 1 is 0.734 bits per heavy atom. The number of hydrogen-bond acceptors (Lipinski definition) is 16. The van der Waals surface area contributed by atoms with E-state index in [9.17, 15) is 68.1 Å². The summed E-state index contributed by atoms with van der Waals surface area (Å²) in [4.78, 5) is 150. The molecule has 0 bridgehead atoms. The lowest BCUT2D eigenvalue weighted by Gasteiger charge is -2.25. The minimum absolute atomic E-state index is 0.0261. The number of amides is 6. The number of H-pyrrole nitrogens is 1. The van der Waals surface area contributed by atoms with Crippen molar-refractivity contribution in [2.24, 2.45) is 0 Å². The van der Waals surface area contributed by atoms with Gasteiger partial charge in [0.2, 0.25) is 35.5 Å². The first-order valence-electron chi connectivity index (χ1n) is 18.8. The number of benzene rings is 1. The van der Waals surface area contributed by atoms with E-state index in [1.807, 2.05) is 5.32 Å². The molecular formula is C37H44N12O15. The Morgan fingerprint density at radius 3 is 1.80 bits per heavy atom. The van der Waals surface area contributed by atoms with E-state index < -0.39 is 127 Å². The number of nitrogens with zero attached hydrogens (tertiary/aromatic N) is 3. The smallest absolute Gasteiger partial charge is 0.326 e. The van der Waals surface area contributed by atoms with Gasteiger partial charge in [0.1, 0.15) is 30.2 Å². The van der Waals surface area contributed by atoms with Crippen molar-refractivity contribution in [1.82, 2.24) is 51.8 Å². The third-order valence-corrected chi connectivity index (χ3v) is 8.71.